The zero-order valence-corrected chi connectivity index (χ0v) is 35.6. The molecule has 0 bridgehead atoms. The maximum atomic E-state index is 14.3. The number of nitrogens with zero attached hydrogens (tertiary/aromatic N) is 9. The van der Waals surface area contributed by atoms with Crippen LogP contribution >= 0.6 is 0 Å². The number of aromatic nitrogens is 7. The highest BCUT2D eigenvalue weighted by molar-refractivity contribution is 6.08. The summed E-state index contributed by atoms with van der Waals surface area (Å²) in [6.45, 7) is 2.52. The molecule has 4 fully saturated rings. The minimum Gasteiger partial charge on any atom is -0.365 e. The third kappa shape index (κ3) is 9.56. The fraction of sp³-hybridized carbons (Fsp3) is 0.523. The highest BCUT2D eigenvalue weighted by Gasteiger charge is 2.44. The summed E-state index contributed by atoms with van der Waals surface area (Å²) in [6, 6.07) is 7.10. The van der Waals surface area contributed by atoms with Crippen LogP contribution in [0.2, 0.25) is 0 Å². The molecule has 4 aromatic heterocycles. The molecular formula is C44H48F5N11O5. The molecule has 0 spiro atoms. The first-order chi connectivity index (χ1) is 31.3. The molecule has 3 amide bonds. The molecule has 1 saturated carbocycles. The number of hydrogen-bond donors (Lipinski definition) is 2. The van der Waals surface area contributed by atoms with Gasteiger partial charge in [-0.05, 0) is 63.0 Å². The number of carbonyl (C=O) groups excluding carboxylic acids is 3. The van der Waals surface area contributed by atoms with Gasteiger partial charge in [0.1, 0.15) is 18.0 Å². The predicted octanol–water partition coefficient (Wildman–Crippen LogP) is 5.55. The second-order valence-electron chi connectivity index (χ2n) is 17.1. The molecule has 5 aromatic rings. The van der Waals surface area contributed by atoms with Gasteiger partial charge in [0.25, 0.3) is 12.3 Å². The van der Waals surface area contributed by atoms with Crippen molar-refractivity contribution in [2.24, 2.45) is 13.0 Å². The van der Waals surface area contributed by atoms with Gasteiger partial charge < -0.3 is 24.6 Å². The van der Waals surface area contributed by atoms with E-state index in [1.54, 1.807) is 4.68 Å². The lowest BCUT2D eigenvalue weighted by molar-refractivity contribution is -0.221. The number of aryl methyl sites for hydroxylation is 1. The molecule has 344 valence electrons. The van der Waals surface area contributed by atoms with Gasteiger partial charge in [-0.15, -0.1) is 0 Å². The lowest BCUT2D eigenvalue weighted by Crippen LogP contribution is -2.49. The van der Waals surface area contributed by atoms with E-state index < -0.39 is 42.8 Å². The number of amides is 3. The molecule has 1 aromatic carbocycles. The summed E-state index contributed by atoms with van der Waals surface area (Å²) in [7, 11) is 1.82. The summed E-state index contributed by atoms with van der Waals surface area (Å²) < 4.78 is 84.2. The Morgan fingerprint density at radius 1 is 1.05 bits per heavy atom. The Bertz CT molecular complexity index is 2640. The van der Waals surface area contributed by atoms with Gasteiger partial charge in [0, 0.05) is 57.4 Å². The van der Waals surface area contributed by atoms with Gasteiger partial charge in [-0.1, -0.05) is 24.0 Å². The van der Waals surface area contributed by atoms with Crippen molar-refractivity contribution < 1.29 is 45.8 Å². The fourth-order valence-electron chi connectivity index (χ4n) is 9.47. The molecule has 9 rings (SSSR count). The van der Waals surface area contributed by atoms with E-state index in [0.717, 1.165) is 74.6 Å². The number of piperidine rings is 2. The van der Waals surface area contributed by atoms with Crippen molar-refractivity contribution in [3.8, 4) is 11.8 Å². The van der Waals surface area contributed by atoms with Gasteiger partial charge >= 0.3 is 6.18 Å². The van der Waals surface area contributed by atoms with E-state index in [4.69, 9.17) is 9.47 Å². The van der Waals surface area contributed by atoms with Crippen molar-refractivity contribution in [3.05, 3.63) is 65.4 Å². The lowest BCUT2D eigenvalue weighted by Gasteiger charge is -2.36. The Balaban J connectivity index is 0.747. The summed E-state index contributed by atoms with van der Waals surface area (Å²) in [5.74, 6) is 5.18. The van der Waals surface area contributed by atoms with Crippen molar-refractivity contribution in [1.82, 2.24) is 44.4 Å². The third-order valence-electron chi connectivity index (χ3n) is 12.9. The number of carbonyl (C=O) groups is 3. The third-order valence-corrected chi connectivity index (χ3v) is 12.9. The molecule has 2 atom stereocenters. The molecular weight excluding hydrogens is 858 g/mol. The van der Waals surface area contributed by atoms with Crippen LogP contribution in [-0.4, -0.2) is 121 Å². The smallest absolute Gasteiger partial charge is 0.365 e. The number of fused-ring (bicyclic) bond motifs is 2. The number of ether oxygens (including phenoxy) is 2. The van der Waals surface area contributed by atoms with Gasteiger partial charge in [-0.25, -0.2) is 18.3 Å². The largest absolute Gasteiger partial charge is 0.416 e. The zero-order valence-electron chi connectivity index (χ0n) is 35.6. The van der Waals surface area contributed by atoms with Gasteiger partial charge in [0.2, 0.25) is 11.8 Å². The van der Waals surface area contributed by atoms with Crippen LogP contribution in [0.1, 0.15) is 97.1 Å². The lowest BCUT2D eigenvalue weighted by atomic mass is 9.85. The number of morpholine rings is 1. The first kappa shape index (κ1) is 44.2. The van der Waals surface area contributed by atoms with Crippen LogP contribution in [0, 0.1) is 17.8 Å². The Morgan fingerprint density at radius 3 is 2.60 bits per heavy atom. The number of halogens is 5. The number of benzene rings is 1. The van der Waals surface area contributed by atoms with E-state index >= 15 is 0 Å². The van der Waals surface area contributed by atoms with Crippen molar-refractivity contribution in [2.45, 2.75) is 88.1 Å². The highest BCUT2D eigenvalue weighted by Crippen LogP contribution is 2.36. The van der Waals surface area contributed by atoms with Crippen LogP contribution in [0.4, 0.5) is 33.5 Å². The number of hydrogen-bond acceptors (Lipinski definition) is 11. The minimum atomic E-state index is -4.55. The van der Waals surface area contributed by atoms with Crippen LogP contribution < -0.4 is 15.5 Å². The monoisotopic (exact) mass is 905 g/mol. The zero-order chi connectivity index (χ0) is 45.4. The Morgan fingerprint density at radius 2 is 1.85 bits per heavy atom. The molecule has 65 heavy (non-hydrogen) atoms. The van der Waals surface area contributed by atoms with E-state index in [0.29, 0.717) is 18.0 Å². The van der Waals surface area contributed by atoms with Crippen molar-refractivity contribution in [1.29, 1.82) is 0 Å². The fourth-order valence-corrected chi connectivity index (χ4v) is 9.47. The summed E-state index contributed by atoms with van der Waals surface area (Å²) in [6.07, 6.45) is 0.453. The Labute approximate surface area is 369 Å². The molecule has 3 saturated heterocycles. The van der Waals surface area contributed by atoms with Crippen LogP contribution in [-0.2, 0) is 26.1 Å². The van der Waals surface area contributed by atoms with Crippen molar-refractivity contribution in [3.63, 3.8) is 0 Å². The molecule has 3 aliphatic heterocycles. The summed E-state index contributed by atoms with van der Waals surface area (Å²) >= 11 is 0. The first-order valence-electron chi connectivity index (χ1n) is 21.9. The van der Waals surface area contributed by atoms with Crippen molar-refractivity contribution in [2.75, 3.05) is 56.2 Å². The van der Waals surface area contributed by atoms with Crippen LogP contribution in [0.5, 0.6) is 0 Å². The summed E-state index contributed by atoms with van der Waals surface area (Å²) in [5, 5.41) is 18.8. The SMILES string of the molecule is Cn1nc(C2CCC(=O)NC2=O)c2cccc(C#CCOC3CCN(CC4CCC(n5cc(NC(=O)c6cnn7ccc(N8CCOC(C(F)(F)F)C8)nc67)c(C(F)F)n5)CC4)CC3)c21. The van der Waals surface area contributed by atoms with Crippen LogP contribution in [0.3, 0.4) is 0 Å². The van der Waals surface area contributed by atoms with Gasteiger partial charge in [0.15, 0.2) is 17.4 Å². The molecule has 7 heterocycles. The number of nitrogens with one attached hydrogen (secondary N) is 2. The second kappa shape index (κ2) is 18.5. The number of alkyl halides is 5. The van der Waals surface area contributed by atoms with Crippen LogP contribution in [0.25, 0.3) is 16.6 Å². The maximum Gasteiger partial charge on any atom is 0.416 e. The van der Waals surface area contributed by atoms with E-state index in [1.807, 2.05) is 25.2 Å². The van der Waals surface area contributed by atoms with E-state index in [1.165, 1.54) is 38.8 Å². The molecule has 1 aliphatic carbocycles. The number of anilines is 2. The van der Waals surface area contributed by atoms with Crippen molar-refractivity contribution >= 4 is 45.8 Å². The van der Waals surface area contributed by atoms with E-state index in [9.17, 15) is 36.3 Å². The molecule has 0 radical (unpaired) electrons. The molecule has 2 N–H and O–H groups in total. The molecule has 2 unspecified atom stereocenters. The number of imide groups is 1. The van der Waals surface area contributed by atoms with Gasteiger partial charge in [-0.3, -0.25) is 29.1 Å². The van der Waals surface area contributed by atoms with Gasteiger partial charge in [-0.2, -0.15) is 28.5 Å². The quantitative estimate of drug-likeness (QED) is 0.103. The minimum absolute atomic E-state index is 0.0373. The predicted molar refractivity (Wildman–Crippen MR) is 225 cm³/mol. The Kier molecular flexibility index (Phi) is 12.6. The maximum absolute atomic E-state index is 14.3. The average Bonchev–Trinajstić information content (AvgIpc) is 4.01. The molecule has 4 aliphatic rings. The summed E-state index contributed by atoms with van der Waals surface area (Å²) in [5.41, 5.74) is 1.59. The summed E-state index contributed by atoms with van der Waals surface area (Å²) in [4.78, 5) is 46.0. The average molecular weight is 906 g/mol. The molecule has 16 nitrogen and oxygen atoms in total. The molecule has 21 heteroatoms. The normalized spacial score (nSPS) is 22.7. The van der Waals surface area contributed by atoms with Crippen LogP contribution in [0.15, 0.2) is 42.9 Å². The number of likely N-dealkylation sites (tertiary alicyclic amines) is 1. The van der Waals surface area contributed by atoms with Gasteiger partial charge in [0.05, 0.1) is 59.9 Å². The van der Waals surface area contributed by atoms with E-state index in [-0.39, 0.29) is 72.9 Å². The topological polar surface area (TPSA) is 166 Å². The first-order valence-corrected chi connectivity index (χ1v) is 21.9. The highest BCUT2D eigenvalue weighted by atomic mass is 19.4. The standard InChI is InChI=1S/C44H48F5N11O5/c1-56-39-27(4-2-6-30(39)37(54-56)31-11-12-36(61)53-42(31)62)5-3-20-64-29-13-16-57(17-14-29)23-26-7-9-28(10-8-26)60-24-33(38(55-60)40(45)46)51-43(63)32-22-50-59-18-15-35(52-41(32)59)58-19-21-65-34(25-58)44(47,48)49/h2,4,6,15,18,22,24,26,28-29,31,34,40H,7-14,16-17,19-21,23,25H2,1H3,(H,51,63)(H,53,61,62). The second-order valence-corrected chi connectivity index (χ2v) is 17.1. The van der Waals surface area contributed by atoms with E-state index in [2.05, 4.69) is 47.7 Å². The number of para-hydroxylation sites is 1. The Hall–Kier alpha value is -5.98. The number of rotatable bonds is 10.